The molecule has 0 aliphatic rings. The summed E-state index contributed by atoms with van der Waals surface area (Å²) in [6, 6.07) is 2.98. The highest BCUT2D eigenvalue weighted by Crippen LogP contribution is 2.26. The van der Waals surface area contributed by atoms with Gasteiger partial charge < -0.3 is 15.8 Å². The maximum atomic E-state index is 13.3. The second kappa shape index (κ2) is 7.59. The molecule has 0 aromatic heterocycles. The largest absolute Gasteiger partial charge is 0.397 e. The van der Waals surface area contributed by atoms with Crippen LogP contribution < -0.4 is 11.1 Å². The summed E-state index contributed by atoms with van der Waals surface area (Å²) >= 11 is 3.10. The molecular weight excluding hydrogens is 299 g/mol. The SMILES string of the molecule is CC(C)OCCCCNc1cc(F)c(Br)cc1N. The Labute approximate surface area is 116 Å². The summed E-state index contributed by atoms with van der Waals surface area (Å²) in [7, 11) is 0. The average Bonchev–Trinajstić information content (AvgIpc) is 2.29. The van der Waals surface area contributed by atoms with Crippen LogP contribution in [0.5, 0.6) is 0 Å². The van der Waals surface area contributed by atoms with Gasteiger partial charge in [0, 0.05) is 19.2 Å². The third kappa shape index (κ3) is 5.23. The van der Waals surface area contributed by atoms with E-state index in [2.05, 4.69) is 21.2 Å². The number of ether oxygens (including phenoxy) is 1. The van der Waals surface area contributed by atoms with E-state index in [4.69, 9.17) is 10.5 Å². The van der Waals surface area contributed by atoms with E-state index in [1.54, 1.807) is 6.07 Å². The summed E-state index contributed by atoms with van der Waals surface area (Å²) in [5.41, 5.74) is 6.97. The molecule has 0 saturated heterocycles. The Hall–Kier alpha value is -0.810. The van der Waals surface area contributed by atoms with E-state index in [9.17, 15) is 4.39 Å². The number of anilines is 2. The molecule has 102 valence electrons. The van der Waals surface area contributed by atoms with Gasteiger partial charge >= 0.3 is 0 Å². The molecule has 1 aromatic carbocycles. The van der Waals surface area contributed by atoms with Crippen LogP contribution in [0.2, 0.25) is 0 Å². The highest BCUT2D eigenvalue weighted by atomic mass is 79.9. The van der Waals surface area contributed by atoms with Crippen molar-refractivity contribution in [2.24, 2.45) is 0 Å². The standard InChI is InChI=1S/C13H20BrFN2O/c1-9(2)18-6-4-3-5-17-13-8-11(15)10(14)7-12(13)16/h7-9,17H,3-6,16H2,1-2H3. The van der Waals surface area contributed by atoms with Crippen molar-refractivity contribution in [2.75, 3.05) is 24.2 Å². The lowest BCUT2D eigenvalue weighted by molar-refractivity contribution is 0.0765. The molecule has 1 rings (SSSR count). The van der Waals surface area contributed by atoms with Crippen LogP contribution in [0, 0.1) is 5.82 Å². The van der Waals surface area contributed by atoms with Crippen LogP contribution in [0.3, 0.4) is 0 Å². The van der Waals surface area contributed by atoms with Crippen molar-refractivity contribution in [3.05, 3.63) is 22.4 Å². The second-order valence-corrected chi connectivity index (χ2v) is 5.26. The topological polar surface area (TPSA) is 47.3 Å². The van der Waals surface area contributed by atoms with Crippen molar-refractivity contribution in [3.63, 3.8) is 0 Å². The van der Waals surface area contributed by atoms with E-state index in [1.807, 2.05) is 13.8 Å². The second-order valence-electron chi connectivity index (χ2n) is 4.41. The van der Waals surface area contributed by atoms with Gasteiger partial charge in [0.2, 0.25) is 0 Å². The summed E-state index contributed by atoms with van der Waals surface area (Å²) in [6.07, 6.45) is 2.21. The number of benzene rings is 1. The summed E-state index contributed by atoms with van der Waals surface area (Å²) in [4.78, 5) is 0. The highest BCUT2D eigenvalue weighted by Gasteiger charge is 2.05. The van der Waals surface area contributed by atoms with Gasteiger partial charge in [0.25, 0.3) is 0 Å². The third-order valence-corrected chi connectivity index (χ3v) is 3.04. The van der Waals surface area contributed by atoms with Crippen molar-refractivity contribution in [1.29, 1.82) is 0 Å². The Morgan fingerprint density at radius 3 is 2.78 bits per heavy atom. The molecule has 3 N–H and O–H groups in total. The lowest BCUT2D eigenvalue weighted by Crippen LogP contribution is -2.08. The number of unbranched alkanes of at least 4 members (excludes halogenated alkanes) is 1. The molecule has 3 nitrogen and oxygen atoms in total. The Balaban J connectivity index is 2.29. The quantitative estimate of drug-likeness (QED) is 0.594. The van der Waals surface area contributed by atoms with Gasteiger partial charge in [0.1, 0.15) is 5.82 Å². The van der Waals surface area contributed by atoms with Gasteiger partial charge in [-0.15, -0.1) is 0 Å². The lowest BCUT2D eigenvalue weighted by Gasteiger charge is -2.11. The number of rotatable bonds is 7. The van der Waals surface area contributed by atoms with Gasteiger partial charge in [-0.2, -0.15) is 0 Å². The molecule has 0 unspecified atom stereocenters. The molecule has 0 spiro atoms. The van der Waals surface area contributed by atoms with Crippen LogP contribution >= 0.6 is 15.9 Å². The van der Waals surface area contributed by atoms with Crippen LogP contribution in [0.25, 0.3) is 0 Å². The molecule has 0 aliphatic heterocycles. The molecule has 0 heterocycles. The smallest absolute Gasteiger partial charge is 0.139 e. The van der Waals surface area contributed by atoms with E-state index < -0.39 is 0 Å². The van der Waals surface area contributed by atoms with E-state index in [0.717, 1.165) is 26.0 Å². The Morgan fingerprint density at radius 2 is 2.11 bits per heavy atom. The molecule has 0 radical (unpaired) electrons. The first-order valence-corrected chi connectivity index (χ1v) is 6.90. The maximum Gasteiger partial charge on any atom is 0.139 e. The average molecular weight is 319 g/mol. The molecule has 0 aliphatic carbocycles. The molecule has 0 amide bonds. The van der Waals surface area contributed by atoms with Gasteiger partial charge in [-0.1, -0.05) is 0 Å². The van der Waals surface area contributed by atoms with E-state index in [-0.39, 0.29) is 11.9 Å². The molecule has 0 fully saturated rings. The van der Waals surface area contributed by atoms with Crippen molar-refractivity contribution in [3.8, 4) is 0 Å². The van der Waals surface area contributed by atoms with Gasteiger partial charge in [-0.3, -0.25) is 0 Å². The van der Waals surface area contributed by atoms with Gasteiger partial charge in [0.05, 0.1) is 22.0 Å². The Bertz CT molecular complexity index is 385. The van der Waals surface area contributed by atoms with Crippen molar-refractivity contribution in [1.82, 2.24) is 0 Å². The fourth-order valence-electron chi connectivity index (χ4n) is 1.48. The minimum Gasteiger partial charge on any atom is -0.397 e. The van der Waals surface area contributed by atoms with E-state index >= 15 is 0 Å². The van der Waals surface area contributed by atoms with Crippen LogP contribution in [0.4, 0.5) is 15.8 Å². The van der Waals surface area contributed by atoms with Crippen molar-refractivity contribution < 1.29 is 9.13 Å². The predicted octanol–water partition coefficient (Wildman–Crippen LogP) is 3.79. The monoisotopic (exact) mass is 318 g/mol. The number of nitrogens with two attached hydrogens (primary N) is 1. The fraction of sp³-hybridized carbons (Fsp3) is 0.538. The Kier molecular flexibility index (Phi) is 6.43. The first-order valence-electron chi connectivity index (χ1n) is 6.10. The van der Waals surface area contributed by atoms with Gasteiger partial charge in [-0.25, -0.2) is 4.39 Å². The zero-order chi connectivity index (χ0) is 13.5. The molecular formula is C13H20BrFN2O. The van der Waals surface area contributed by atoms with Crippen LogP contribution in [-0.2, 0) is 4.74 Å². The number of nitrogen functional groups attached to an aromatic ring is 1. The van der Waals surface area contributed by atoms with E-state index in [1.165, 1.54) is 6.07 Å². The first kappa shape index (κ1) is 15.2. The molecule has 5 heteroatoms. The zero-order valence-corrected chi connectivity index (χ0v) is 12.4. The first-order chi connectivity index (χ1) is 8.50. The maximum absolute atomic E-state index is 13.3. The minimum absolute atomic E-state index is 0.272. The van der Waals surface area contributed by atoms with Gasteiger partial charge in [-0.05, 0) is 48.7 Å². The normalized spacial score (nSPS) is 10.9. The molecule has 18 heavy (non-hydrogen) atoms. The summed E-state index contributed by atoms with van der Waals surface area (Å²) < 4.78 is 19.1. The highest BCUT2D eigenvalue weighted by molar-refractivity contribution is 9.10. The number of nitrogens with one attached hydrogen (secondary N) is 1. The third-order valence-electron chi connectivity index (χ3n) is 2.43. The molecule has 0 atom stereocenters. The summed E-state index contributed by atoms with van der Waals surface area (Å²) in [6.45, 7) is 5.55. The van der Waals surface area contributed by atoms with Crippen molar-refractivity contribution in [2.45, 2.75) is 32.8 Å². The molecule has 0 saturated carbocycles. The van der Waals surface area contributed by atoms with Crippen LogP contribution in [0.1, 0.15) is 26.7 Å². The number of halogens is 2. The lowest BCUT2D eigenvalue weighted by atomic mass is 10.2. The van der Waals surface area contributed by atoms with Crippen molar-refractivity contribution >= 4 is 27.3 Å². The number of hydrogen-bond donors (Lipinski definition) is 2. The van der Waals surface area contributed by atoms with Gasteiger partial charge in [0.15, 0.2) is 0 Å². The minimum atomic E-state index is -0.310. The van der Waals surface area contributed by atoms with E-state index in [0.29, 0.717) is 15.8 Å². The predicted molar refractivity (Wildman–Crippen MR) is 77.3 cm³/mol. The number of hydrogen-bond acceptors (Lipinski definition) is 3. The molecule has 0 bridgehead atoms. The summed E-state index contributed by atoms with van der Waals surface area (Å²) in [5, 5.41) is 3.13. The van der Waals surface area contributed by atoms with Crippen LogP contribution in [-0.4, -0.2) is 19.3 Å². The Morgan fingerprint density at radius 1 is 1.39 bits per heavy atom. The zero-order valence-electron chi connectivity index (χ0n) is 10.8. The molecule has 1 aromatic rings. The summed E-state index contributed by atoms with van der Waals surface area (Å²) in [5.74, 6) is -0.310. The van der Waals surface area contributed by atoms with Crippen LogP contribution in [0.15, 0.2) is 16.6 Å². The fourth-order valence-corrected chi connectivity index (χ4v) is 1.85.